The molecule has 0 aliphatic heterocycles. The van der Waals surface area contributed by atoms with Crippen LogP contribution >= 0.6 is 0 Å². The fourth-order valence-corrected chi connectivity index (χ4v) is 2.02. The lowest BCUT2D eigenvalue weighted by Crippen LogP contribution is -1.93. The number of rotatable bonds is 1. The van der Waals surface area contributed by atoms with Gasteiger partial charge in [-0.25, -0.2) is 4.98 Å². The molecule has 0 bridgehead atoms. The van der Waals surface area contributed by atoms with Crippen LogP contribution in [-0.4, -0.2) is 14.9 Å². The van der Waals surface area contributed by atoms with Crippen molar-refractivity contribution < 1.29 is 9.62 Å². The van der Waals surface area contributed by atoms with E-state index in [-0.39, 0.29) is 0 Å². The molecule has 0 saturated heterocycles. The molecule has 0 fully saturated rings. The van der Waals surface area contributed by atoms with Gasteiger partial charge in [0.25, 0.3) is 0 Å². The molecular formula is C14H14N2O2. The van der Waals surface area contributed by atoms with Crippen molar-refractivity contribution in [2.75, 3.05) is 0 Å². The van der Waals surface area contributed by atoms with Crippen LogP contribution in [0.25, 0.3) is 22.6 Å². The molecule has 0 unspecified atom stereocenters. The first-order chi connectivity index (χ1) is 8.56. The summed E-state index contributed by atoms with van der Waals surface area (Å²) in [7, 11) is 0. The summed E-state index contributed by atoms with van der Waals surface area (Å²) >= 11 is 0. The number of hydrogen-bond donors (Lipinski definition) is 1. The minimum Gasteiger partial charge on any atom is -0.458 e. The van der Waals surface area contributed by atoms with Gasteiger partial charge in [0, 0.05) is 0 Å². The molecular weight excluding hydrogens is 228 g/mol. The number of furan rings is 1. The van der Waals surface area contributed by atoms with Gasteiger partial charge in [-0.1, -0.05) is 6.07 Å². The van der Waals surface area contributed by atoms with E-state index in [0.717, 1.165) is 27.1 Å². The van der Waals surface area contributed by atoms with Crippen LogP contribution in [0.5, 0.6) is 0 Å². The number of benzene rings is 1. The van der Waals surface area contributed by atoms with Gasteiger partial charge >= 0.3 is 0 Å². The van der Waals surface area contributed by atoms with E-state index in [0.29, 0.717) is 17.1 Å². The lowest BCUT2D eigenvalue weighted by atomic mass is 10.2. The highest BCUT2D eigenvalue weighted by Gasteiger charge is 2.16. The molecule has 0 spiro atoms. The Morgan fingerprint density at radius 1 is 1.17 bits per heavy atom. The molecule has 0 aliphatic carbocycles. The zero-order valence-electron chi connectivity index (χ0n) is 10.6. The Morgan fingerprint density at radius 3 is 2.61 bits per heavy atom. The first kappa shape index (κ1) is 10.9. The average Bonchev–Trinajstić information content (AvgIpc) is 2.82. The molecule has 4 heteroatoms. The SMILES string of the molecule is Cc1ccc2nc(-c3cc(C)c(C)o3)n(O)c2c1. The second-order valence-corrected chi connectivity index (χ2v) is 4.59. The lowest BCUT2D eigenvalue weighted by molar-refractivity contribution is 0.201. The number of aryl methyl sites for hydroxylation is 3. The van der Waals surface area contributed by atoms with Gasteiger partial charge in [-0.05, 0) is 50.1 Å². The third kappa shape index (κ3) is 1.49. The van der Waals surface area contributed by atoms with E-state index in [9.17, 15) is 5.21 Å². The highest BCUT2D eigenvalue weighted by molar-refractivity contribution is 5.80. The molecule has 1 N–H and O–H groups in total. The van der Waals surface area contributed by atoms with E-state index >= 15 is 0 Å². The van der Waals surface area contributed by atoms with Crippen molar-refractivity contribution in [3.63, 3.8) is 0 Å². The summed E-state index contributed by atoms with van der Waals surface area (Å²) < 4.78 is 6.68. The fraction of sp³-hybridized carbons (Fsp3) is 0.214. The molecule has 1 aromatic carbocycles. The summed E-state index contributed by atoms with van der Waals surface area (Å²) in [6.07, 6.45) is 0. The molecule has 2 aromatic heterocycles. The van der Waals surface area contributed by atoms with Crippen LogP contribution < -0.4 is 0 Å². The van der Waals surface area contributed by atoms with Gasteiger partial charge in [0.15, 0.2) is 5.76 Å². The maximum absolute atomic E-state index is 10.2. The van der Waals surface area contributed by atoms with Crippen LogP contribution in [0.15, 0.2) is 28.7 Å². The number of nitrogens with zero attached hydrogens (tertiary/aromatic N) is 2. The van der Waals surface area contributed by atoms with E-state index in [1.165, 1.54) is 0 Å². The Kier molecular flexibility index (Phi) is 2.20. The Hall–Kier alpha value is -2.23. The van der Waals surface area contributed by atoms with Gasteiger partial charge in [0.1, 0.15) is 11.3 Å². The van der Waals surface area contributed by atoms with Crippen molar-refractivity contribution in [3.8, 4) is 11.6 Å². The van der Waals surface area contributed by atoms with E-state index in [2.05, 4.69) is 4.98 Å². The molecule has 3 rings (SSSR count). The number of fused-ring (bicyclic) bond motifs is 1. The summed E-state index contributed by atoms with van der Waals surface area (Å²) in [4.78, 5) is 4.40. The monoisotopic (exact) mass is 242 g/mol. The van der Waals surface area contributed by atoms with E-state index < -0.39 is 0 Å². The molecule has 0 amide bonds. The standard InChI is InChI=1S/C14H14N2O2/c1-8-4-5-11-12(6-8)16(17)14(15-11)13-7-9(2)10(3)18-13/h4-7,17H,1-3H3. The van der Waals surface area contributed by atoms with Gasteiger partial charge < -0.3 is 9.62 Å². The van der Waals surface area contributed by atoms with Gasteiger partial charge in [0.2, 0.25) is 5.82 Å². The molecule has 92 valence electrons. The summed E-state index contributed by atoms with van der Waals surface area (Å²) in [5.41, 5.74) is 3.57. The quantitative estimate of drug-likeness (QED) is 0.665. The van der Waals surface area contributed by atoms with E-state index in [1.807, 2.05) is 45.0 Å². The van der Waals surface area contributed by atoms with E-state index in [4.69, 9.17) is 4.42 Å². The van der Waals surface area contributed by atoms with Gasteiger partial charge in [-0.15, -0.1) is 0 Å². The van der Waals surface area contributed by atoms with Crippen LogP contribution in [0, 0.1) is 20.8 Å². The van der Waals surface area contributed by atoms with Gasteiger partial charge in [-0.3, -0.25) is 0 Å². The van der Waals surface area contributed by atoms with Crippen molar-refractivity contribution in [3.05, 3.63) is 41.2 Å². The van der Waals surface area contributed by atoms with Gasteiger partial charge in [0.05, 0.1) is 5.52 Å². The molecule has 2 heterocycles. The second-order valence-electron chi connectivity index (χ2n) is 4.59. The summed E-state index contributed by atoms with van der Waals surface area (Å²) in [6.45, 7) is 5.84. The zero-order valence-corrected chi connectivity index (χ0v) is 10.6. The van der Waals surface area contributed by atoms with Crippen LogP contribution in [0.2, 0.25) is 0 Å². The van der Waals surface area contributed by atoms with Crippen molar-refractivity contribution in [1.29, 1.82) is 0 Å². The van der Waals surface area contributed by atoms with Crippen molar-refractivity contribution in [2.45, 2.75) is 20.8 Å². The summed E-state index contributed by atoms with van der Waals surface area (Å²) in [6, 6.07) is 7.64. The number of aromatic nitrogens is 2. The normalized spacial score (nSPS) is 11.3. The van der Waals surface area contributed by atoms with Gasteiger partial charge in [-0.2, -0.15) is 4.73 Å². The smallest absolute Gasteiger partial charge is 0.212 e. The van der Waals surface area contributed by atoms with Crippen LogP contribution in [0.3, 0.4) is 0 Å². The van der Waals surface area contributed by atoms with E-state index in [1.54, 1.807) is 0 Å². The topological polar surface area (TPSA) is 51.2 Å². The minimum atomic E-state index is 0.437. The third-order valence-electron chi connectivity index (χ3n) is 3.17. The Morgan fingerprint density at radius 2 is 1.94 bits per heavy atom. The molecule has 4 nitrogen and oxygen atoms in total. The summed E-state index contributed by atoms with van der Waals surface area (Å²) in [5.74, 6) is 1.86. The average molecular weight is 242 g/mol. The molecule has 18 heavy (non-hydrogen) atoms. The van der Waals surface area contributed by atoms with Crippen LogP contribution in [-0.2, 0) is 0 Å². The highest BCUT2D eigenvalue weighted by Crippen LogP contribution is 2.27. The first-order valence-corrected chi connectivity index (χ1v) is 5.82. The third-order valence-corrected chi connectivity index (χ3v) is 3.17. The largest absolute Gasteiger partial charge is 0.458 e. The molecule has 0 atom stereocenters. The predicted molar refractivity (Wildman–Crippen MR) is 68.8 cm³/mol. The first-order valence-electron chi connectivity index (χ1n) is 5.82. The second kappa shape index (κ2) is 3.63. The Labute approximate surface area is 104 Å². The Bertz CT molecular complexity index is 718. The molecule has 0 radical (unpaired) electrons. The maximum Gasteiger partial charge on any atom is 0.212 e. The minimum absolute atomic E-state index is 0.437. The zero-order chi connectivity index (χ0) is 12.9. The van der Waals surface area contributed by atoms with Crippen LogP contribution in [0.1, 0.15) is 16.9 Å². The summed E-state index contributed by atoms with van der Waals surface area (Å²) in [5, 5.41) is 10.2. The highest BCUT2D eigenvalue weighted by atomic mass is 16.5. The van der Waals surface area contributed by atoms with Crippen molar-refractivity contribution >= 4 is 11.0 Å². The Balaban J connectivity index is 2.26. The van der Waals surface area contributed by atoms with Crippen molar-refractivity contribution in [1.82, 2.24) is 9.71 Å². The van der Waals surface area contributed by atoms with Crippen molar-refractivity contribution in [2.24, 2.45) is 0 Å². The number of hydrogen-bond acceptors (Lipinski definition) is 3. The number of imidazole rings is 1. The predicted octanol–water partition coefficient (Wildman–Crippen LogP) is 3.46. The molecule has 0 saturated carbocycles. The maximum atomic E-state index is 10.2. The lowest BCUT2D eigenvalue weighted by Gasteiger charge is -1.97. The fourth-order valence-electron chi connectivity index (χ4n) is 2.02. The van der Waals surface area contributed by atoms with Crippen LogP contribution in [0.4, 0.5) is 0 Å². The molecule has 3 aromatic rings. The molecule has 0 aliphatic rings.